The number of carbonyl (C=O) groups is 1. The van der Waals surface area contributed by atoms with E-state index in [4.69, 9.17) is 0 Å². The van der Waals surface area contributed by atoms with Gasteiger partial charge in [-0.15, -0.1) is 0 Å². The molecule has 2 aromatic carbocycles. The Balaban J connectivity index is 1.80. The van der Waals surface area contributed by atoms with Gasteiger partial charge in [0, 0.05) is 0 Å². The molecule has 3 nitrogen and oxygen atoms in total. The summed E-state index contributed by atoms with van der Waals surface area (Å²) < 4.78 is 3.67. The van der Waals surface area contributed by atoms with Gasteiger partial charge < -0.3 is 0 Å². The number of nitrogens with zero attached hydrogens (tertiary/aromatic N) is 2. The van der Waals surface area contributed by atoms with Crippen LogP contribution in [0.15, 0.2) is 68.6 Å². The van der Waals surface area contributed by atoms with Crippen molar-refractivity contribution in [1.82, 2.24) is 4.03 Å². The van der Waals surface area contributed by atoms with Gasteiger partial charge in [0.15, 0.2) is 0 Å². The van der Waals surface area contributed by atoms with Gasteiger partial charge in [-0.3, -0.25) is 0 Å². The standard InChI is InChI=1S/C17H13BrN2OSe/c1-12-16(11-13-5-3-2-4-6-13)22-20(19-12)17(21)14-7-9-15(18)10-8-14/h2-11H,1H3/b16-11+. The third kappa shape index (κ3) is 3.38. The molecular formula is C17H13BrN2OSe. The molecule has 0 aliphatic carbocycles. The first-order valence-corrected chi connectivity index (χ1v) is 9.15. The Morgan fingerprint density at radius 1 is 1.14 bits per heavy atom. The Morgan fingerprint density at radius 2 is 1.82 bits per heavy atom. The summed E-state index contributed by atoms with van der Waals surface area (Å²) in [5.41, 5.74) is 2.70. The summed E-state index contributed by atoms with van der Waals surface area (Å²) in [6.07, 6.45) is 2.10. The first kappa shape index (κ1) is 15.2. The van der Waals surface area contributed by atoms with Gasteiger partial charge in [0.1, 0.15) is 0 Å². The van der Waals surface area contributed by atoms with Crippen LogP contribution < -0.4 is 0 Å². The van der Waals surface area contributed by atoms with Crippen molar-refractivity contribution in [2.75, 3.05) is 0 Å². The Kier molecular flexibility index (Phi) is 4.57. The van der Waals surface area contributed by atoms with E-state index in [0.717, 1.165) is 20.2 Å². The van der Waals surface area contributed by atoms with Crippen molar-refractivity contribution in [2.45, 2.75) is 6.92 Å². The Morgan fingerprint density at radius 3 is 2.50 bits per heavy atom. The van der Waals surface area contributed by atoms with Crippen LogP contribution in [0.1, 0.15) is 22.8 Å². The fraction of sp³-hybridized carbons (Fsp3) is 0.0588. The molecule has 0 atom stereocenters. The summed E-state index contributed by atoms with van der Waals surface area (Å²) in [4.78, 5) is 12.5. The number of rotatable bonds is 2. The van der Waals surface area contributed by atoms with E-state index >= 15 is 0 Å². The number of hydrogen-bond acceptors (Lipinski definition) is 2. The Hall–Kier alpha value is -1.68. The van der Waals surface area contributed by atoms with Crippen LogP contribution in [0.5, 0.6) is 0 Å². The minimum absolute atomic E-state index is 0.0525. The van der Waals surface area contributed by atoms with Crippen LogP contribution >= 0.6 is 15.9 Å². The van der Waals surface area contributed by atoms with Gasteiger partial charge in [-0.05, 0) is 0 Å². The molecule has 0 radical (unpaired) electrons. The Bertz CT molecular complexity index is 754. The van der Waals surface area contributed by atoms with E-state index in [1.54, 1.807) is 4.03 Å². The second-order valence-electron chi connectivity index (χ2n) is 4.78. The van der Waals surface area contributed by atoms with Crippen LogP contribution in [-0.4, -0.2) is 30.8 Å². The number of hydrazone groups is 1. The summed E-state index contributed by atoms with van der Waals surface area (Å²) >= 11 is 3.26. The fourth-order valence-corrected chi connectivity index (χ4v) is 4.14. The molecule has 22 heavy (non-hydrogen) atoms. The summed E-state index contributed by atoms with van der Waals surface area (Å²) in [6.45, 7) is 1.95. The number of carbonyl (C=O) groups excluding carboxylic acids is 1. The van der Waals surface area contributed by atoms with Crippen LogP contribution in [0.4, 0.5) is 0 Å². The van der Waals surface area contributed by atoms with E-state index in [1.807, 2.05) is 49.4 Å². The monoisotopic (exact) mass is 420 g/mol. The van der Waals surface area contributed by atoms with Crippen LogP contribution in [0.3, 0.4) is 0 Å². The topological polar surface area (TPSA) is 32.7 Å². The number of halogens is 1. The second kappa shape index (κ2) is 6.61. The van der Waals surface area contributed by atoms with Crippen LogP contribution in [0, 0.1) is 0 Å². The van der Waals surface area contributed by atoms with Gasteiger partial charge >= 0.3 is 144 Å². The molecule has 5 heteroatoms. The fourth-order valence-electron chi connectivity index (χ4n) is 1.99. The molecular weight excluding hydrogens is 407 g/mol. The van der Waals surface area contributed by atoms with Crippen molar-refractivity contribution in [3.05, 3.63) is 74.7 Å². The molecule has 0 N–H and O–H groups in total. The van der Waals surface area contributed by atoms with E-state index < -0.39 is 0 Å². The van der Waals surface area contributed by atoms with Crippen molar-refractivity contribution < 1.29 is 4.79 Å². The van der Waals surface area contributed by atoms with Crippen LogP contribution in [0.25, 0.3) is 6.08 Å². The van der Waals surface area contributed by atoms with Gasteiger partial charge in [-0.1, -0.05) is 0 Å². The number of amides is 1. The van der Waals surface area contributed by atoms with Gasteiger partial charge in [-0.25, -0.2) is 0 Å². The number of hydrogen-bond donors (Lipinski definition) is 0. The van der Waals surface area contributed by atoms with Crippen molar-refractivity contribution in [2.24, 2.45) is 5.10 Å². The summed E-state index contributed by atoms with van der Waals surface area (Å²) in [6, 6.07) is 17.5. The normalized spacial score (nSPS) is 16.0. The molecule has 0 fully saturated rings. The molecule has 0 saturated heterocycles. The van der Waals surface area contributed by atoms with Gasteiger partial charge in [0.25, 0.3) is 0 Å². The van der Waals surface area contributed by atoms with Gasteiger partial charge in [-0.2, -0.15) is 0 Å². The molecule has 0 saturated carbocycles. The van der Waals surface area contributed by atoms with Crippen LogP contribution in [0.2, 0.25) is 0 Å². The first-order chi connectivity index (χ1) is 10.6. The first-order valence-electron chi connectivity index (χ1n) is 6.74. The van der Waals surface area contributed by atoms with Gasteiger partial charge in [0.2, 0.25) is 0 Å². The van der Waals surface area contributed by atoms with E-state index in [0.29, 0.717) is 5.56 Å². The molecule has 1 aliphatic rings. The van der Waals surface area contributed by atoms with E-state index in [9.17, 15) is 4.79 Å². The van der Waals surface area contributed by atoms with Crippen molar-refractivity contribution in [1.29, 1.82) is 0 Å². The Labute approximate surface area is 144 Å². The molecule has 0 aromatic heterocycles. The van der Waals surface area contributed by atoms with Crippen molar-refractivity contribution >= 4 is 48.8 Å². The SMILES string of the molecule is CC1=NN(C(=O)c2ccc(Br)cc2)[Se]/C1=C/c1ccccc1. The van der Waals surface area contributed by atoms with Crippen molar-refractivity contribution in [3.63, 3.8) is 0 Å². The molecule has 0 unspecified atom stereocenters. The maximum atomic E-state index is 12.5. The zero-order valence-electron chi connectivity index (χ0n) is 11.9. The van der Waals surface area contributed by atoms with Gasteiger partial charge in [0.05, 0.1) is 0 Å². The number of allylic oxidation sites excluding steroid dienone is 1. The maximum absolute atomic E-state index is 12.5. The zero-order valence-corrected chi connectivity index (χ0v) is 15.2. The second-order valence-corrected chi connectivity index (χ2v) is 7.73. The van der Waals surface area contributed by atoms with E-state index in [1.165, 1.54) is 0 Å². The quantitative estimate of drug-likeness (QED) is 0.678. The zero-order chi connectivity index (χ0) is 15.5. The molecule has 1 heterocycles. The minimum atomic E-state index is -0.121. The predicted octanol–water partition coefficient (Wildman–Crippen LogP) is 3.94. The van der Waals surface area contributed by atoms with E-state index in [2.05, 4.69) is 39.2 Å². The third-order valence-electron chi connectivity index (χ3n) is 3.14. The predicted molar refractivity (Wildman–Crippen MR) is 93.6 cm³/mol. The molecule has 110 valence electrons. The molecule has 0 spiro atoms. The van der Waals surface area contributed by atoms with Crippen molar-refractivity contribution in [3.8, 4) is 0 Å². The third-order valence-corrected chi connectivity index (χ3v) is 5.83. The summed E-state index contributed by atoms with van der Waals surface area (Å²) in [7, 11) is 0. The molecule has 1 aliphatic heterocycles. The molecule has 1 amide bonds. The average Bonchev–Trinajstić information content (AvgIpc) is 2.89. The summed E-state index contributed by atoms with van der Waals surface area (Å²) in [5.74, 6) is -0.0525. The molecule has 2 aromatic rings. The average molecular weight is 420 g/mol. The molecule has 3 rings (SSSR count). The number of benzene rings is 2. The van der Waals surface area contributed by atoms with E-state index in [-0.39, 0.29) is 21.1 Å². The summed E-state index contributed by atoms with van der Waals surface area (Å²) in [5, 5.41) is 4.41. The molecule has 0 bridgehead atoms. The van der Waals surface area contributed by atoms with Crippen LogP contribution in [-0.2, 0) is 0 Å².